The van der Waals surface area contributed by atoms with Crippen LogP contribution in [0.25, 0.3) is 0 Å². The summed E-state index contributed by atoms with van der Waals surface area (Å²) < 4.78 is 5.61. The fourth-order valence-electron chi connectivity index (χ4n) is 2.02. The smallest absolute Gasteiger partial charge is 0.119 e. The van der Waals surface area contributed by atoms with Crippen molar-refractivity contribution in [1.29, 1.82) is 0 Å². The predicted molar refractivity (Wildman–Crippen MR) is 84.8 cm³/mol. The van der Waals surface area contributed by atoms with Crippen molar-refractivity contribution < 1.29 is 9.84 Å². The molecular formula is C17H20ClNO2. The highest BCUT2D eigenvalue weighted by atomic mass is 35.5. The average Bonchev–Trinajstić information content (AvgIpc) is 2.50. The van der Waals surface area contributed by atoms with E-state index in [1.165, 1.54) is 0 Å². The molecule has 0 saturated carbocycles. The third kappa shape index (κ3) is 4.73. The Kier molecular flexibility index (Phi) is 6.03. The number of benzene rings is 1. The van der Waals surface area contributed by atoms with Crippen molar-refractivity contribution in [1.82, 2.24) is 4.98 Å². The maximum Gasteiger partial charge on any atom is 0.119 e. The number of aliphatic hydroxyl groups is 1. The number of aromatic nitrogens is 1. The molecule has 1 aromatic carbocycles. The lowest BCUT2D eigenvalue weighted by atomic mass is 10.0. The van der Waals surface area contributed by atoms with E-state index < -0.39 is 6.10 Å². The molecular weight excluding hydrogens is 286 g/mol. The highest BCUT2D eigenvalue weighted by Crippen LogP contribution is 2.24. The van der Waals surface area contributed by atoms with Gasteiger partial charge in [-0.15, -0.1) is 0 Å². The van der Waals surface area contributed by atoms with Crippen molar-refractivity contribution in [2.45, 2.75) is 32.3 Å². The summed E-state index contributed by atoms with van der Waals surface area (Å²) in [7, 11) is 0. The number of halogens is 1. The zero-order valence-corrected chi connectivity index (χ0v) is 12.9. The molecule has 0 spiro atoms. The maximum atomic E-state index is 10.3. The van der Waals surface area contributed by atoms with Gasteiger partial charge in [0.1, 0.15) is 5.75 Å². The van der Waals surface area contributed by atoms with Crippen LogP contribution in [0.1, 0.15) is 37.0 Å². The topological polar surface area (TPSA) is 42.4 Å². The summed E-state index contributed by atoms with van der Waals surface area (Å²) in [4.78, 5) is 3.94. The number of hydrogen-bond acceptors (Lipinski definition) is 3. The molecule has 21 heavy (non-hydrogen) atoms. The van der Waals surface area contributed by atoms with E-state index in [9.17, 15) is 5.11 Å². The Balaban J connectivity index is 1.96. The van der Waals surface area contributed by atoms with Crippen LogP contribution in [0.4, 0.5) is 0 Å². The number of rotatable bonds is 7. The fourth-order valence-corrected chi connectivity index (χ4v) is 2.21. The van der Waals surface area contributed by atoms with Crippen molar-refractivity contribution in [2.24, 2.45) is 0 Å². The number of nitrogens with zero attached hydrogens (tertiary/aromatic N) is 1. The Labute approximate surface area is 130 Å². The monoisotopic (exact) mass is 305 g/mol. The van der Waals surface area contributed by atoms with Gasteiger partial charge in [-0.2, -0.15) is 0 Å². The summed E-state index contributed by atoms with van der Waals surface area (Å²) in [6.07, 6.45) is 5.31. The Morgan fingerprint density at radius 1 is 1.24 bits per heavy atom. The lowest BCUT2D eigenvalue weighted by Crippen LogP contribution is -2.03. The quantitative estimate of drug-likeness (QED) is 0.780. The van der Waals surface area contributed by atoms with E-state index in [2.05, 4.69) is 11.9 Å². The summed E-state index contributed by atoms with van der Waals surface area (Å²) in [6.45, 7) is 2.86. The van der Waals surface area contributed by atoms with Gasteiger partial charge in [0.2, 0.25) is 0 Å². The Morgan fingerprint density at radius 3 is 2.67 bits per heavy atom. The number of aliphatic hydroxyl groups excluding tert-OH is 1. The maximum absolute atomic E-state index is 10.3. The van der Waals surface area contributed by atoms with E-state index in [1.807, 2.05) is 30.3 Å². The van der Waals surface area contributed by atoms with Gasteiger partial charge in [-0.25, -0.2) is 0 Å². The molecule has 1 atom stereocenters. The summed E-state index contributed by atoms with van der Waals surface area (Å²) >= 11 is 6.06. The van der Waals surface area contributed by atoms with Crippen LogP contribution in [0.5, 0.6) is 5.75 Å². The molecule has 0 aliphatic rings. The Morgan fingerprint density at radius 2 is 2.00 bits per heavy atom. The predicted octanol–water partition coefficient (Wildman–Crippen LogP) is 4.19. The molecule has 4 heteroatoms. The van der Waals surface area contributed by atoms with E-state index >= 15 is 0 Å². The van der Waals surface area contributed by atoms with E-state index in [-0.39, 0.29) is 0 Å². The first-order valence-corrected chi connectivity index (χ1v) is 7.57. The summed E-state index contributed by atoms with van der Waals surface area (Å²) in [5.74, 6) is 0.835. The van der Waals surface area contributed by atoms with Crippen molar-refractivity contribution in [2.75, 3.05) is 6.61 Å². The molecule has 0 bridgehead atoms. The van der Waals surface area contributed by atoms with Crippen LogP contribution >= 0.6 is 11.6 Å². The lowest BCUT2D eigenvalue weighted by molar-refractivity contribution is 0.178. The van der Waals surface area contributed by atoms with Gasteiger partial charge in [0, 0.05) is 18.8 Å². The third-order valence-corrected chi connectivity index (χ3v) is 3.64. The van der Waals surface area contributed by atoms with Gasteiger partial charge < -0.3 is 9.84 Å². The van der Waals surface area contributed by atoms with E-state index in [0.717, 1.165) is 36.3 Å². The van der Waals surface area contributed by atoms with Crippen molar-refractivity contribution in [3.8, 4) is 5.75 Å². The summed E-state index contributed by atoms with van der Waals surface area (Å²) in [5.41, 5.74) is 1.74. The minimum Gasteiger partial charge on any atom is -0.494 e. The van der Waals surface area contributed by atoms with Gasteiger partial charge in [-0.3, -0.25) is 4.98 Å². The highest BCUT2D eigenvalue weighted by Gasteiger charge is 2.11. The van der Waals surface area contributed by atoms with Gasteiger partial charge in [0.25, 0.3) is 0 Å². The summed E-state index contributed by atoms with van der Waals surface area (Å²) in [5, 5.41) is 10.9. The third-order valence-electron chi connectivity index (χ3n) is 3.30. The van der Waals surface area contributed by atoms with E-state index in [4.69, 9.17) is 16.3 Å². The van der Waals surface area contributed by atoms with Crippen LogP contribution in [0.2, 0.25) is 5.02 Å². The van der Waals surface area contributed by atoms with Gasteiger partial charge in [-0.05, 0) is 35.7 Å². The van der Waals surface area contributed by atoms with Crippen LogP contribution in [0.3, 0.4) is 0 Å². The number of unbranched alkanes of at least 4 members (excludes halogenated alkanes) is 1. The normalized spacial score (nSPS) is 12.1. The lowest BCUT2D eigenvalue weighted by Gasteiger charge is -2.13. The molecule has 0 saturated heterocycles. The molecule has 0 aliphatic heterocycles. The van der Waals surface area contributed by atoms with E-state index in [0.29, 0.717) is 11.4 Å². The molecule has 0 fully saturated rings. The zero-order chi connectivity index (χ0) is 15.1. The fraction of sp³-hybridized carbons (Fsp3) is 0.353. The van der Waals surface area contributed by atoms with Crippen molar-refractivity contribution in [3.05, 3.63) is 58.9 Å². The minimum atomic E-state index is -0.588. The number of hydrogen-bond donors (Lipinski definition) is 1. The van der Waals surface area contributed by atoms with Gasteiger partial charge in [0.15, 0.2) is 0 Å². The van der Waals surface area contributed by atoms with Crippen LogP contribution in [0, 0.1) is 0 Å². The molecule has 0 amide bonds. The van der Waals surface area contributed by atoms with Crippen molar-refractivity contribution in [3.63, 3.8) is 0 Å². The van der Waals surface area contributed by atoms with Gasteiger partial charge in [-0.1, -0.05) is 37.1 Å². The molecule has 3 nitrogen and oxygen atoms in total. The van der Waals surface area contributed by atoms with E-state index in [1.54, 1.807) is 12.4 Å². The van der Waals surface area contributed by atoms with Gasteiger partial charge in [0.05, 0.1) is 17.7 Å². The molecule has 112 valence electrons. The second-order valence-electron chi connectivity index (χ2n) is 4.96. The molecule has 2 rings (SSSR count). The van der Waals surface area contributed by atoms with Crippen LogP contribution in [-0.2, 0) is 6.42 Å². The standard InChI is InChI=1S/C17H20ClNO2/c1-2-3-10-21-15-6-4-13(5-7-15)17(20)11-14-8-9-19-12-16(14)18/h4-9,12,17,20H,2-3,10-11H2,1H3. The summed E-state index contributed by atoms with van der Waals surface area (Å²) in [6, 6.07) is 9.39. The molecule has 0 aliphatic carbocycles. The second-order valence-corrected chi connectivity index (χ2v) is 5.37. The zero-order valence-electron chi connectivity index (χ0n) is 12.1. The number of ether oxygens (including phenoxy) is 1. The average molecular weight is 306 g/mol. The SMILES string of the molecule is CCCCOc1ccc(C(O)Cc2ccncc2Cl)cc1. The number of pyridine rings is 1. The van der Waals surface area contributed by atoms with Crippen LogP contribution in [0.15, 0.2) is 42.7 Å². The van der Waals surface area contributed by atoms with Crippen molar-refractivity contribution >= 4 is 11.6 Å². The largest absolute Gasteiger partial charge is 0.494 e. The molecule has 1 aromatic heterocycles. The first kappa shape index (κ1) is 15.8. The minimum absolute atomic E-state index is 0.470. The van der Waals surface area contributed by atoms with Crippen LogP contribution in [-0.4, -0.2) is 16.7 Å². The second kappa shape index (κ2) is 8.01. The van der Waals surface area contributed by atoms with Crippen LogP contribution < -0.4 is 4.74 Å². The Bertz CT molecular complexity index is 557. The van der Waals surface area contributed by atoms with Gasteiger partial charge >= 0.3 is 0 Å². The molecule has 2 aromatic rings. The molecule has 1 unspecified atom stereocenters. The first-order chi connectivity index (χ1) is 10.2. The molecule has 1 heterocycles. The molecule has 1 N–H and O–H groups in total. The highest BCUT2D eigenvalue weighted by molar-refractivity contribution is 6.31. The Hall–Kier alpha value is -1.58. The molecule has 0 radical (unpaired) electrons. The first-order valence-electron chi connectivity index (χ1n) is 7.20.